The summed E-state index contributed by atoms with van der Waals surface area (Å²) in [5.74, 6) is -0.569. The van der Waals surface area contributed by atoms with Crippen molar-refractivity contribution >= 4 is 50.3 Å². The highest BCUT2D eigenvalue weighted by atomic mass is 127. The molecule has 0 spiro atoms. The Labute approximate surface area is 122 Å². The van der Waals surface area contributed by atoms with Gasteiger partial charge in [0.15, 0.2) is 5.78 Å². The molecule has 0 saturated heterocycles. The Morgan fingerprint density at radius 1 is 1.47 bits per heavy atom. The molecule has 1 atom stereocenters. The molecule has 17 heavy (non-hydrogen) atoms. The molecule has 1 aromatic carbocycles. The molecule has 1 aromatic rings. The summed E-state index contributed by atoms with van der Waals surface area (Å²) in [7, 11) is 0. The third-order valence-corrected chi connectivity index (χ3v) is 3.43. The number of hydrogen-bond acceptors (Lipinski definition) is 3. The predicted octanol–water partition coefficient (Wildman–Crippen LogP) is 3.43. The summed E-state index contributed by atoms with van der Waals surface area (Å²) in [6, 6.07) is 5.15. The van der Waals surface area contributed by atoms with Gasteiger partial charge in [0.05, 0.1) is 17.0 Å². The smallest absolute Gasteiger partial charge is 0.338 e. The number of halogens is 2. The molecule has 5 heteroatoms. The third-order valence-electron chi connectivity index (χ3n) is 2.12. The third kappa shape index (κ3) is 3.51. The molecule has 0 aliphatic heterocycles. The van der Waals surface area contributed by atoms with E-state index in [-0.39, 0.29) is 10.6 Å². The average molecular weight is 411 g/mol. The molecular weight excluding hydrogens is 399 g/mol. The summed E-state index contributed by atoms with van der Waals surface area (Å²) in [5, 5.41) is 0. The first-order valence-electron chi connectivity index (χ1n) is 5.13. The van der Waals surface area contributed by atoms with Crippen LogP contribution in [0.3, 0.4) is 0 Å². The van der Waals surface area contributed by atoms with Crippen LogP contribution in [-0.4, -0.2) is 23.2 Å². The molecule has 3 nitrogen and oxygen atoms in total. The van der Waals surface area contributed by atoms with Crippen LogP contribution < -0.4 is 0 Å². The average Bonchev–Trinajstić information content (AvgIpc) is 2.28. The van der Waals surface area contributed by atoms with Gasteiger partial charge in [0.2, 0.25) is 0 Å². The van der Waals surface area contributed by atoms with Gasteiger partial charge in [-0.2, -0.15) is 0 Å². The number of esters is 1. The monoisotopic (exact) mass is 410 g/mol. The maximum absolute atomic E-state index is 12.0. The number of benzene rings is 1. The minimum atomic E-state index is -0.456. The fourth-order valence-corrected chi connectivity index (χ4v) is 2.35. The first-order chi connectivity index (χ1) is 7.99. The molecule has 1 unspecified atom stereocenters. The van der Waals surface area contributed by atoms with Crippen LogP contribution in [0.1, 0.15) is 34.6 Å². The maximum atomic E-state index is 12.0. The predicted molar refractivity (Wildman–Crippen MR) is 77.8 cm³/mol. The Morgan fingerprint density at radius 3 is 2.65 bits per heavy atom. The van der Waals surface area contributed by atoms with Gasteiger partial charge < -0.3 is 4.74 Å². The van der Waals surface area contributed by atoms with E-state index < -0.39 is 5.97 Å². The lowest BCUT2D eigenvalue weighted by Crippen LogP contribution is -2.18. The summed E-state index contributed by atoms with van der Waals surface area (Å²) in [4.78, 5) is 23.5. The van der Waals surface area contributed by atoms with Crippen molar-refractivity contribution in [3.8, 4) is 0 Å². The second-order valence-corrected chi connectivity index (χ2v) is 5.90. The van der Waals surface area contributed by atoms with Crippen molar-refractivity contribution in [2.24, 2.45) is 0 Å². The van der Waals surface area contributed by atoms with Crippen LogP contribution in [0, 0.1) is 3.57 Å². The molecule has 92 valence electrons. The summed E-state index contributed by atoms with van der Waals surface area (Å²) in [6.45, 7) is 3.77. The molecule has 0 bridgehead atoms. The van der Waals surface area contributed by atoms with Crippen molar-refractivity contribution in [2.45, 2.75) is 18.7 Å². The van der Waals surface area contributed by atoms with Gasteiger partial charge in [0.25, 0.3) is 0 Å². The molecular formula is C12H12BrIO3. The van der Waals surface area contributed by atoms with Crippen molar-refractivity contribution in [3.63, 3.8) is 0 Å². The van der Waals surface area contributed by atoms with Crippen molar-refractivity contribution in [1.82, 2.24) is 0 Å². The molecule has 0 heterocycles. The zero-order chi connectivity index (χ0) is 13.0. The van der Waals surface area contributed by atoms with Crippen LogP contribution >= 0.6 is 38.5 Å². The van der Waals surface area contributed by atoms with E-state index in [9.17, 15) is 9.59 Å². The van der Waals surface area contributed by atoms with E-state index in [1.54, 1.807) is 32.0 Å². The number of alkyl halides is 1. The van der Waals surface area contributed by atoms with Crippen LogP contribution in [0.4, 0.5) is 0 Å². The highest BCUT2D eigenvalue weighted by Gasteiger charge is 2.23. The Bertz CT molecular complexity index is 443. The Balaban J connectivity index is 3.26. The van der Waals surface area contributed by atoms with Gasteiger partial charge >= 0.3 is 5.97 Å². The molecule has 0 aromatic heterocycles. The number of carbonyl (C=O) groups is 2. The van der Waals surface area contributed by atoms with Crippen molar-refractivity contribution < 1.29 is 14.3 Å². The van der Waals surface area contributed by atoms with Crippen LogP contribution in [0.2, 0.25) is 0 Å². The summed E-state index contributed by atoms with van der Waals surface area (Å²) in [6.07, 6.45) is 0. The standard InChI is InChI=1S/C12H12BrIO3/c1-3-17-12(16)8-5-4-6-9(14)10(8)11(15)7(2)13/h4-7H,3H2,1-2H3. The molecule has 0 radical (unpaired) electrons. The van der Waals surface area contributed by atoms with Crippen molar-refractivity contribution in [1.29, 1.82) is 0 Å². The lowest BCUT2D eigenvalue weighted by Gasteiger charge is -2.11. The van der Waals surface area contributed by atoms with Crippen LogP contribution in [0.5, 0.6) is 0 Å². The number of ketones is 1. The quantitative estimate of drug-likeness (QED) is 0.330. The largest absolute Gasteiger partial charge is 0.462 e. The fraction of sp³-hybridized carbons (Fsp3) is 0.333. The summed E-state index contributed by atoms with van der Waals surface area (Å²) >= 11 is 5.27. The Hall–Kier alpha value is -0.430. The Morgan fingerprint density at radius 2 is 2.12 bits per heavy atom. The van der Waals surface area contributed by atoms with E-state index in [1.807, 2.05) is 22.6 Å². The zero-order valence-corrected chi connectivity index (χ0v) is 13.2. The molecule has 0 aliphatic rings. The van der Waals surface area contributed by atoms with E-state index >= 15 is 0 Å². The van der Waals surface area contributed by atoms with E-state index in [4.69, 9.17) is 4.74 Å². The SMILES string of the molecule is CCOC(=O)c1cccc(I)c1C(=O)C(C)Br. The van der Waals surface area contributed by atoms with Crippen LogP contribution in [-0.2, 0) is 4.74 Å². The minimum absolute atomic E-state index is 0.113. The molecule has 0 amide bonds. The topological polar surface area (TPSA) is 43.4 Å². The minimum Gasteiger partial charge on any atom is -0.462 e. The van der Waals surface area contributed by atoms with Crippen LogP contribution in [0.25, 0.3) is 0 Å². The maximum Gasteiger partial charge on any atom is 0.338 e. The Kier molecular flexibility index (Phi) is 5.58. The van der Waals surface area contributed by atoms with Gasteiger partial charge in [-0.05, 0) is 48.6 Å². The molecule has 0 saturated carbocycles. The molecule has 0 fully saturated rings. The van der Waals surface area contributed by atoms with E-state index in [0.717, 1.165) is 3.57 Å². The highest BCUT2D eigenvalue weighted by molar-refractivity contribution is 14.1. The second kappa shape index (κ2) is 6.49. The van der Waals surface area contributed by atoms with Gasteiger partial charge in [-0.1, -0.05) is 22.0 Å². The second-order valence-electron chi connectivity index (χ2n) is 3.36. The lowest BCUT2D eigenvalue weighted by atomic mass is 10.0. The zero-order valence-electron chi connectivity index (χ0n) is 9.50. The van der Waals surface area contributed by atoms with Gasteiger partial charge in [-0.25, -0.2) is 4.79 Å². The van der Waals surface area contributed by atoms with Gasteiger partial charge in [0, 0.05) is 9.13 Å². The summed E-state index contributed by atoms with van der Waals surface area (Å²) < 4.78 is 5.70. The number of carbonyl (C=O) groups excluding carboxylic acids is 2. The molecule has 0 aliphatic carbocycles. The van der Waals surface area contributed by atoms with Crippen LogP contribution in [0.15, 0.2) is 18.2 Å². The molecule has 1 rings (SSSR count). The highest BCUT2D eigenvalue weighted by Crippen LogP contribution is 2.22. The first kappa shape index (κ1) is 14.6. The van der Waals surface area contributed by atoms with Crippen molar-refractivity contribution in [2.75, 3.05) is 6.61 Å². The van der Waals surface area contributed by atoms with Gasteiger partial charge in [-0.3, -0.25) is 4.79 Å². The van der Waals surface area contributed by atoms with Gasteiger partial charge in [-0.15, -0.1) is 0 Å². The number of rotatable bonds is 4. The normalized spacial score (nSPS) is 12.0. The lowest BCUT2D eigenvalue weighted by molar-refractivity contribution is 0.0523. The van der Waals surface area contributed by atoms with Gasteiger partial charge in [0.1, 0.15) is 0 Å². The number of hydrogen-bond donors (Lipinski definition) is 0. The number of ether oxygens (including phenoxy) is 1. The molecule has 0 N–H and O–H groups in total. The van der Waals surface area contributed by atoms with E-state index in [1.165, 1.54) is 0 Å². The fourth-order valence-electron chi connectivity index (χ4n) is 1.35. The van der Waals surface area contributed by atoms with E-state index in [2.05, 4.69) is 15.9 Å². The van der Waals surface area contributed by atoms with E-state index in [0.29, 0.717) is 17.7 Å². The first-order valence-corrected chi connectivity index (χ1v) is 7.12. The van der Waals surface area contributed by atoms with Crippen molar-refractivity contribution in [3.05, 3.63) is 32.9 Å². The summed E-state index contributed by atoms with van der Waals surface area (Å²) in [5.41, 5.74) is 0.756. The number of Topliss-reactive ketones (excluding diaryl/α,β-unsaturated/α-hetero) is 1.